The van der Waals surface area contributed by atoms with Gasteiger partial charge in [0.25, 0.3) is 0 Å². The van der Waals surface area contributed by atoms with Crippen molar-refractivity contribution in [3.63, 3.8) is 0 Å². The Morgan fingerprint density at radius 1 is 1.26 bits per heavy atom. The molecule has 0 aromatic heterocycles. The Labute approximate surface area is 115 Å². The average Bonchev–Trinajstić information content (AvgIpc) is 2.28. The van der Waals surface area contributed by atoms with Crippen LogP contribution in [-0.2, 0) is 13.9 Å². The molecule has 106 valence electrons. The van der Waals surface area contributed by atoms with E-state index in [9.17, 15) is 9.36 Å². The second-order valence-corrected chi connectivity index (χ2v) is 7.65. The van der Waals surface area contributed by atoms with Crippen LogP contribution in [-0.4, -0.2) is 19.1 Å². The Hall–Kier alpha value is -0.920. The topological polar surface area (TPSA) is 43.4 Å². The number of Topliss-reactive ketones (excluding diaryl/α,β-unsaturated/α-hetero) is 1. The lowest BCUT2D eigenvalue weighted by molar-refractivity contribution is -0.119. The van der Waals surface area contributed by atoms with E-state index < -0.39 is 7.37 Å². The highest BCUT2D eigenvalue weighted by molar-refractivity contribution is 7.66. The molecular weight excluding hydrogens is 259 g/mol. The first kappa shape index (κ1) is 16.1. The molecule has 0 bridgehead atoms. The number of carbonyl (C=O) groups excluding carboxylic acids is 1. The van der Waals surface area contributed by atoms with Crippen molar-refractivity contribution >= 4 is 18.5 Å². The Bertz CT molecular complexity index is 477. The van der Waals surface area contributed by atoms with Gasteiger partial charge >= 0.3 is 0 Å². The van der Waals surface area contributed by atoms with Crippen LogP contribution in [0.4, 0.5) is 0 Å². The number of ketones is 1. The molecule has 4 heteroatoms. The summed E-state index contributed by atoms with van der Waals surface area (Å²) in [6, 6.07) is 7.39. The number of carbonyl (C=O) groups is 1. The molecule has 2 atom stereocenters. The molecule has 0 aliphatic rings. The van der Waals surface area contributed by atoms with E-state index in [0.29, 0.717) is 11.9 Å². The summed E-state index contributed by atoms with van der Waals surface area (Å²) in [7, 11) is -2.73. The standard InChI is InChI=1S/C15H23O3P/c1-6-18-19(5,17)14-9-7-13(8-10-14)15(11(2)3)12(4)16/h7-11,15H,6H2,1-5H3. The summed E-state index contributed by atoms with van der Waals surface area (Å²) in [5.41, 5.74) is 0.975. The maximum absolute atomic E-state index is 12.3. The second-order valence-electron chi connectivity index (χ2n) is 5.19. The van der Waals surface area contributed by atoms with Crippen LogP contribution in [0.25, 0.3) is 0 Å². The van der Waals surface area contributed by atoms with E-state index in [2.05, 4.69) is 0 Å². The fourth-order valence-electron chi connectivity index (χ4n) is 2.36. The molecule has 2 unspecified atom stereocenters. The lowest BCUT2D eigenvalue weighted by Gasteiger charge is -2.19. The van der Waals surface area contributed by atoms with Crippen molar-refractivity contribution in [3.8, 4) is 0 Å². The molecule has 3 nitrogen and oxygen atoms in total. The quantitative estimate of drug-likeness (QED) is 0.749. The highest BCUT2D eigenvalue weighted by Crippen LogP contribution is 2.41. The zero-order chi connectivity index (χ0) is 14.6. The Kier molecular flexibility index (Phi) is 5.51. The molecule has 0 radical (unpaired) electrons. The largest absolute Gasteiger partial charge is 0.326 e. The van der Waals surface area contributed by atoms with Gasteiger partial charge in [0.15, 0.2) is 0 Å². The van der Waals surface area contributed by atoms with Crippen molar-refractivity contribution in [2.75, 3.05) is 13.3 Å². The van der Waals surface area contributed by atoms with Gasteiger partial charge in [-0.15, -0.1) is 0 Å². The van der Waals surface area contributed by atoms with Gasteiger partial charge in [-0.3, -0.25) is 9.36 Å². The SMILES string of the molecule is CCOP(C)(=O)c1ccc(C(C(C)=O)C(C)C)cc1. The van der Waals surface area contributed by atoms with Gasteiger partial charge in [0.1, 0.15) is 5.78 Å². The molecule has 0 N–H and O–H groups in total. The van der Waals surface area contributed by atoms with E-state index in [1.807, 2.05) is 45.0 Å². The molecule has 19 heavy (non-hydrogen) atoms. The molecule has 1 aromatic carbocycles. The van der Waals surface area contributed by atoms with E-state index in [-0.39, 0.29) is 17.6 Å². The number of hydrogen-bond acceptors (Lipinski definition) is 3. The third kappa shape index (κ3) is 4.02. The van der Waals surface area contributed by atoms with Crippen LogP contribution in [0.3, 0.4) is 0 Å². The van der Waals surface area contributed by atoms with Gasteiger partial charge in [-0.25, -0.2) is 0 Å². The van der Waals surface area contributed by atoms with Gasteiger partial charge in [0.2, 0.25) is 7.37 Å². The molecule has 0 amide bonds. The van der Waals surface area contributed by atoms with Crippen molar-refractivity contribution in [1.29, 1.82) is 0 Å². The normalized spacial score (nSPS) is 16.1. The first-order valence-electron chi connectivity index (χ1n) is 6.62. The minimum absolute atomic E-state index is 0.0996. The molecule has 0 saturated carbocycles. The predicted octanol–water partition coefficient (Wildman–Crippen LogP) is 3.58. The van der Waals surface area contributed by atoms with Crippen molar-refractivity contribution in [2.24, 2.45) is 5.92 Å². The van der Waals surface area contributed by atoms with Crippen LogP contribution in [0.5, 0.6) is 0 Å². The van der Waals surface area contributed by atoms with Crippen molar-refractivity contribution < 1.29 is 13.9 Å². The van der Waals surface area contributed by atoms with E-state index in [1.165, 1.54) is 0 Å². The third-order valence-corrected chi connectivity index (χ3v) is 5.19. The van der Waals surface area contributed by atoms with Crippen LogP contribution in [0, 0.1) is 5.92 Å². The van der Waals surface area contributed by atoms with Gasteiger partial charge in [0, 0.05) is 17.9 Å². The Morgan fingerprint density at radius 2 is 1.79 bits per heavy atom. The smallest absolute Gasteiger partial charge is 0.229 e. The summed E-state index contributed by atoms with van der Waals surface area (Å²) in [6.45, 7) is 9.56. The minimum Gasteiger partial charge on any atom is -0.326 e. The Balaban J connectivity index is 3.05. The predicted molar refractivity (Wildman–Crippen MR) is 79.5 cm³/mol. The average molecular weight is 282 g/mol. The summed E-state index contributed by atoms with van der Waals surface area (Å²) >= 11 is 0. The fourth-order valence-corrected chi connectivity index (χ4v) is 3.69. The molecular formula is C15H23O3P. The number of hydrogen-bond donors (Lipinski definition) is 0. The molecule has 0 fully saturated rings. The first-order chi connectivity index (χ1) is 8.79. The van der Waals surface area contributed by atoms with Gasteiger partial charge < -0.3 is 4.52 Å². The van der Waals surface area contributed by atoms with E-state index in [0.717, 1.165) is 5.56 Å². The van der Waals surface area contributed by atoms with E-state index in [1.54, 1.807) is 13.6 Å². The lowest BCUT2D eigenvalue weighted by atomic mass is 9.86. The number of benzene rings is 1. The maximum atomic E-state index is 12.3. The summed E-state index contributed by atoms with van der Waals surface area (Å²) in [4.78, 5) is 11.7. The van der Waals surface area contributed by atoms with Gasteiger partial charge in [-0.1, -0.05) is 26.0 Å². The van der Waals surface area contributed by atoms with Crippen LogP contribution in [0.2, 0.25) is 0 Å². The lowest BCUT2D eigenvalue weighted by Crippen LogP contribution is -2.16. The highest BCUT2D eigenvalue weighted by atomic mass is 31.2. The van der Waals surface area contributed by atoms with Crippen molar-refractivity contribution in [2.45, 2.75) is 33.6 Å². The fraction of sp³-hybridized carbons (Fsp3) is 0.533. The summed E-state index contributed by atoms with van der Waals surface area (Å²) in [5.74, 6) is 0.313. The highest BCUT2D eigenvalue weighted by Gasteiger charge is 2.22. The zero-order valence-corrected chi connectivity index (χ0v) is 13.2. The second kappa shape index (κ2) is 6.49. The molecule has 1 rings (SSSR count). The molecule has 1 aromatic rings. The van der Waals surface area contributed by atoms with Gasteiger partial charge in [-0.05, 0) is 37.5 Å². The van der Waals surface area contributed by atoms with Crippen molar-refractivity contribution in [3.05, 3.63) is 29.8 Å². The molecule has 0 spiro atoms. The number of rotatable bonds is 6. The molecule has 0 heterocycles. The summed E-state index contributed by atoms with van der Waals surface area (Å²) in [6.07, 6.45) is 0. The third-order valence-electron chi connectivity index (χ3n) is 3.20. The van der Waals surface area contributed by atoms with Gasteiger partial charge in [0.05, 0.1) is 6.61 Å². The Morgan fingerprint density at radius 3 is 2.16 bits per heavy atom. The molecule has 0 aliphatic carbocycles. The van der Waals surface area contributed by atoms with Crippen LogP contribution >= 0.6 is 7.37 Å². The monoisotopic (exact) mass is 282 g/mol. The van der Waals surface area contributed by atoms with Crippen LogP contribution in [0.1, 0.15) is 39.2 Å². The van der Waals surface area contributed by atoms with Crippen LogP contribution < -0.4 is 5.30 Å². The van der Waals surface area contributed by atoms with E-state index in [4.69, 9.17) is 4.52 Å². The first-order valence-corrected chi connectivity index (χ1v) is 8.69. The maximum Gasteiger partial charge on any atom is 0.229 e. The van der Waals surface area contributed by atoms with Crippen molar-refractivity contribution in [1.82, 2.24) is 0 Å². The van der Waals surface area contributed by atoms with E-state index >= 15 is 0 Å². The molecule has 0 aliphatic heterocycles. The zero-order valence-electron chi connectivity index (χ0n) is 12.3. The van der Waals surface area contributed by atoms with Crippen LogP contribution in [0.15, 0.2) is 24.3 Å². The molecule has 0 saturated heterocycles. The summed E-state index contributed by atoms with van der Waals surface area (Å²) < 4.78 is 17.6. The minimum atomic E-state index is -2.73. The summed E-state index contributed by atoms with van der Waals surface area (Å²) in [5, 5.41) is 0.698. The van der Waals surface area contributed by atoms with Gasteiger partial charge in [-0.2, -0.15) is 0 Å².